The Hall–Kier alpha value is -2.91. The summed E-state index contributed by atoms with van der Waals surface area (Å²) in [6, 6.07) is 17.5. The highest BCUT2D eigenvalue weighted by molar-refractivity contribution is 7.89. The van der Waals surface area contributed by atoms with E-state index in [1.165, 1.54) is 18.4 Å². The number of nitrogens with one attached hydrogen (secondary N) is 1. The standard InChI is InChI=1S/C31H44N4O4S/c1-3-5-6-7-8-12-23-40(38,39)34-21-19-31(20-22-34)30(37)33(25-35(31)28-13-10-9-11-14-28)24-29(36)32-27-17-15-26(4-2)16-18-27/h9-11,13-18H,3-8,12,19-25H2,1-2H3,(H,32,36). The lowest BCUT2D eigenvalue weighted by atomic mass is 9.86. The molecule has 1 spiro atoms. The highest BCUT2D eigenvalue weighted by atomic mass is 32.2. The van der Waals surface area contributed by atoms with Crippen molar-refractivity contribution in [2.24, 2.45) is 0 Å². The Balaban J connectivity index is 1.42. The first kappa shape index (κ1) is 30.1. The smallest absolute Gasteiger partial charge is 0.250 e. The van der Waals surface area contributed by atoms with Crippen molar-refractivity contribution in [2.75, 3.05) is 42.3 Å². The van der Waals surface area contributed by atoms with Crippen LogP contribution in [0.15, 0.2) is 54.6 Å². The van der Waals surface area contributed by atoms with Gasteiger partial charge in [-0.2, -0.15) is 0 Å². The summed E-state index contributed by atoms with van der Waals surface area (Å²) in [5.41, 5.74) is 1.93. The molecular formula is C31H44N4O4S. The number of unbranched alkanes of at least 4 members (excludes halogenated alkanes) is 5. The van der Waals surface area contributed by atoms with Gasteiger partial charge in [-0.05, 0) is 55.5 Å². The van der Waals surface area contributed by atoms with Crippen LogP contribution in [-0.2, 0) is 26.0 Å². The zero-order chi connectivity index (χ0) is 28.6. The van der Waals surface area contributed by atoms with E-state index < -0.39 is 15.6 Å². The van der Waals surface area contributed by atoms with Crippen LogP contribution in [0.3, 0.4) is 0 Å². The van der Waals surface area contributed by atoms with Crippen molar-refractivity contribution in [3.63, 3.8) is 0 Å². The quantitative estimate of drug-likeness (QED) is 0.343. The third-order valence-corrected chi connectivity index (χ3v) is 10.2. The first-order valence-corrected chi connectivity index (χ1v) is 16.4. The van der Waals surface area contributed by atoms with Crippen LogP contribution in [0.25, 0.3) is 0 Å². The van der Waals surface area contributed by atoms with E-state index in [1.54, 1.807) is 9.21 Å². The number of benzene rings is 2. The van der Waals surface area contributed by atoms with Gasteiger partial charge in [-0.25, -0.2) is 12.7 Å². The second-order valence-corrected chi connectivity index (χ2v) is 13.1. The highest BCUT2D eigenvalue weighted by Gasteiger charge is 2.54. The molecule has 2 aliphatic heterocycles. The van der Waals surface area contributed by atoms with Gasteiger partial charge in [-0.15, -0.1) is 0 Å². The predicted octanol–water partition coefficient (Wildman–Crippen LogP) is 5.02. The molecule has 0 aliphatic carbocycles. The third kappa shape index (κ3) is 7.04. The number of carbonyl (C=O) groups is 2. The van der Waals surface area contributed by atoms with Gasteiger partial charge in [0.1, 0.15) is 12.1 Å². The summed E-state index contributed by atoms with van der Waals surface area (Å²) in [5, 5.41) is 2.91. The van der Waals surface area contributed by atoms with Gasteiger partial charge in [0.2, 0.25) is 21.8 Å². The Kier molecular flexibility index (Phi) is 10.2. The van der Waals surface area contributed by atoms with Gasteiger partial charge in [0.05, 0.1) is 12.4 Å². The Morgan fingerprint density at radius 2 is 1.55 bits per heavy atom. The summed E-state index contributed by atoms with van der Waals surface area (Å²) in [7, 11) is -3.37. The van der Waals surface area contributed by atoms with E-state index in [4.69, 9.17) is 0 Å². The minimum atomic E-state index is -3.37. The van der Waals surface area contributed by atoms with E-state index >= 15 is 0 Å². The van der Waals surface area contributed by atoms with Gasteiger partial charge in [0.15, 0.2) is 0 Å². The Morgan fingerprint density at radius 3 is 2.20 bits per heavy atom. The van der Waals surface area contributed by atoms with E-state index in [0.717, 1.165) is 31.4 Å². The monoisotopic (exact) mass is 568 g/mol. The van der Waals surface area contributed by atoms with Gasteiger partial charge in [0, 0.05) is 24.5 Å². The summed E-state index contributed by atoms with van der Waals surface area (Å²) >= 11 is 0. The van der Waals surface area contributed by atoms with Crippen molar-refractivity contribution in [1.29, 1.82) is 0 Å². The topological polar surface area (TPSA) is 90.0 Å². The lowest BCUT2D eigenvalue weighted by Crippen LogP contribution is -2.57. The lowest BCUT2D eigenvalue weighted by Gasteiger charge is -2.42. The average molecular weight is 569 g/mol. The van der Waals surface area contributed by atoms with Crippen LogP contribution in [0.2, 0.25) is 0 Å². The molecule has 1 N–H and O–H groups in total. The molecule has 0 bridgehead atoms. The molecule has 8 nitrogen and oxygen atoms in total. The molecule has 4 rings (SSSR count). The number of hydrogen-bond donors (Lipinski definition) is 1. The van der Waals surface area contributed by atoms with E-state index in [0.29, 0.717) is 38.0 Å². The number of para-hydroxylation sites is 1. The maximum atomic E-state index is 13.9. The number of anilines is 2. The van der Waals surface area contributed by atoms with E-state index in [9.17, 15) is 18.0 Å². The third-order valence-electron chi connectivity index (χ3n) is 8.26. The molecule has 9 heteroatoms. The maximum absolute atomic E-state index is 13.9. The number of nitrogens with zero attached hydrogens (tertiary/aromatic N) is 3. The summed E-state index contributed by atoms with van der Waals surface area (Å²) in [6.45, 7) is 5.08. The molecule has 2 aliphatic rings. The van der Waals surface area contributed by atoms with Gasteiger partial charge >= 0.3 is 0 Å². The van der Waals surface area contributed by atoms with Crippen LogP contribution in [0, 0.1) is 0 Å². The number of amides is 2. The second kappa shape index (κ2) is 13.6. The molecule has 40 heavy (non-hydrogen) atoms. The number of hydrogen-bond acceptors (Lipinski definition) is 5. The molecule has 0 atom stereocenters. The molecule has 2 aromatic carbocycles. The van der Waals surface area contributed by atoms with Crippen LogP contribution in [0.1, 0.15) is 70.8 Å². The molecule has 2 heterocycles. The van der Waals surface area contributed by atoms with Crippen LogP contribution >= 0.6 is 0 Å². The van der Waals surface area contributed by atoms with Crippen molar-refractivity contribution in [2.45, 2.75) is 77.2 Å². The van der Waals surface area contributed by atoms with Gasteiger partial charge in [0.25, 0.3) is 0 Å². The van der Waals surface area contributed by atoms with Crippen molar-refractivity contribution in [3.8, 4) is 0 Å². The molecule has 2 saturated heterocycles. The van der Waals surface area contributed by atoms with E-state index in [2.05, 4.69) is 24.1 Å². The lowest BCUT2D eigenvalue weighted by molar-refractivity contribution is -0.136. The van der Waals surface area contributed by atoms with E-state index in [1.807, 2.05) is 54.6 Å². The molecule has 2 amide bonds. The molecule has 0 radical (unpaired) electrons. The summed E-state index contributed by atoms with van der Waals surface area (Å²) in [6.07, 6.45) is 7.90. The summed E-state index contributed by atoms with van der Waals surface area (Å²) in [4.78, 5) is 30.5. The van der Waals surface area contributed by atoms with Crippen molar-refractivity contribution < 1.29 is 18.0 Å². The Morgan fingerprint density at radius 1 is 0.900 bits per heavy atom. The highest BCUT2D eigenvalue weighted by Crippen LogP contribution is 2.40. The number of rotatable bonds is 13. The Bertz CT molecular complexity index is 1230. The SMILES string of the molecule is CCCCCCCCS(=O)(=O)N1CCC2(CC1)C(=O)N(CC(=O)Nc1ccc(CC)cc1)CN2c1ccccc1. The van der Waals surface area contributed by atoms with Gasteiger partial charge in [-0.1, -0.05) is 76.3 Å². The van der Waals surface area contributed by atoms with Crippen LogP contribution < -0.4 is 10.2 Å². The first-order valence-electron chi connectivity index (χ1n) is 14.8. The van der Waals surface area contributed by atoms with Gasteiger partial charge in [-0.3, -0.25) is 9.59 Å². The van der Waals surface area contributed by atoms with E-state index in [-0.39, 0.29) is 30.8 Å². The minimum absolute atomic E-state index is 0.0561. The fraction of sp³-hybridized carbons (Fsp3) is 0.548. The number of piperidine rings is 1. The zero-order valence-electron chi connectivity index (χ0n) is 24.0. The van der Waals surface area contributed by atoms with Crippen LogP contribution in [0.4, 0.5) is 11.4 Å². The minimum Gasteiger partial charge on any atom is -0.339 e. The molecule has 2 aromatic rings. The van der Waals surface area contributed by atoms with Gasteiger partial charge < -0.3 is 15.1 Å². The molecule has 0 unspecified atom stereocenters. The number of carbonyl (C=O) groups excluding carboxylic acids is 2. The molecule has 0 saturated carbocycles. The fourth-order valence-corrected chi connectivity index (χ4v) is 7.41. The second-order valence-electron chi connectivity index (χ2n) is 11.0. The summed E-state index contributed by atoms with van der Waals surface area (Å²) in [5.74, 6) is -0.198. The average Bonchev–Trinajstić information content (AvgIpc) is 3.22. The molecule has 2 fully saturated rings. The first-order chi connectivity index (χ1) is 19.3. The fourth-order valence-electron chi connectivity index (χ4n) is 5.85. The summed E-state index contributed by atoms with van der Waals surface area (Å²) < 4.78 is 27.8. The normalized spacial score (nSPS) is 17.5. The maximum Gasteiger partial charge on any atom is 0.250 e. The largest absolute Gasteiger partial charge is 0.339 e. The van der Waals surface area contributed by atoms with Crippen molar-refractivity contribution in [3.05, 3.63) is 60.2 Å². The zero-order valence-corrected chi connectivity index (χ0v) is 24.8. The van der Waals surface area contributed by atoms with Crippen molar-refractivity contribution >= 4 is 33.2 Å². The van der Waals surface area contributed by atoms with Crippen molar-refractivity contribution in [1.82, 2.24) is 9.21 Å². The number of sulfonamides is 1. The molecular weight excluding hydrogens is 524 g/mol. The Labute approximate surface area is 239 Å². The predicted molar refractivity (Wildman–Crippen MR) is 161 cm³/mol. The van der Waals surface area contributed by atoms with Crippen LogP contribution in [0.5, 0.6) is 0 Å². The van der Waals surface area contributed by atoms with Crippen LogP contribution in [-0.4, -0.2) is 67.0 Å². The molecule has 218 valence electrons. The molecule has 0 aromatic heterocycles. The number of aryl methyl sites for hydroxylation is 1.